The van der Waals surface area contributed by atoms with Crippen LogP contribution in [0.1, 0.15) is 61.7 Å². The van der Waals surface area contributed by atoms with Gasteiger partial charge in [-0.25, -0.2) is 0 Å². The van der Waals surface area contributed by atoms with Gasteiger partial charge in [0.1, 0.15) is 0 Å². The molecule has 1 aliphatic carbocycles. The quantitative estimate of drug-likeness (QED) is 0.744. The Balaban J connectivity index is 1.86. The topological polar surface area (TPSA) is 20.3 Å². The Bertz CT molecular complexity index is 426. The van der Waals surface area contributed by atoms with Crippen molar-refractivity contribution in [3.63, 3.8) is 0 Å². The fourth-order valence-corrected chi connectivity index (χ4v) is 3.88. The minimum absolute atomic E-state index is 0.184. The highest BCUT2D eigenvalue weighted by Crippen LogP contribution is 2.41. The van der Waals surface area contributed by atoms with Crippen LogP contribution in [-0.4, -0.2) is 22.9 Å². The lowest BCUT2D eigenvalue weighted by atomic mass is 9.74. The van der Waals surface area contributed by atoms with Gasteiger partial charge in [0.25, 0.3) is 5.91 Å². The number of hydrogen-bond acceptors (Lipinski definition) is 1. The molecule has 2 heteroatoms. The van der Waals surface area contributed by atoms with Gasteiger partial charge in [-0.05, 0) is 44.2 Å². The monoisotopic (exact) mass is 257 g/mol. The molecule has 1 heterocycles. The van der Waals surface area contributed by atoms with Crippen molar-refractivity contribution in [2.24, 2.45) is 0 Å². The van der Waals surface area contributed by atoms with Crippen LogP contribution in [0, 0.1) is 0 Å². The molecule has 0 unspecified atom stereocenters. The first-order valence-electron chi connectivity index (χ1n) is 7.69. The van der Waals surface area contributed by atoms with Gasteiger partial charge in [0, 0.05) is 17.6 Å². The van der Waals surface area contributed by atoms with Crippen LogP contribution >= 0.6 is 0 Å². The van der Waals surface area contributed by atoms with Gasteiger partial charge in [-0.15, -0.1) is 0 Å². The highest BCUT2D eigenvalue weighted by molar-refractivity contribution is 5.94. The Hall–Kier alpha value is -1.31. The molecule has 2 nitrogen and oxygen atoms in total. The number of likely N-dealkylation sites (tertiary alicyclic amines) is 1. The molecule has 1 saturated carbocycles. The number of benzene rings is 1. The van der Waals surface area contributed by atoms with Crippen molar-refractivity contribution >= 4 is 5.91 Å². The van der Waals surface area contributed by atoms with E-state index in [0.717, 1.165) is 12.1 Å². The van der Waals surface area contributed by atoms with Gasteiger partial charge in [-0.1, -0.05) is 37.5 Å². The summed E-state index contributed by atoms with van der Waals surface area (Å²) < 4.78 is 0. The van der Waals surface area contributed by atoms with Crippen LogP contribution in [0.2, 0.25) is 0 Å². The Labute approximate surface area is 115 Å². The Morgan fingerprint density at radius 2 is 1.53 bits per heavy atom. The summed E-state index contributed by atoms with van der Waals surface area (Å²) in [6, 6.07) is 9.81. The standard InChI is InChI=1S/C17H23NO/c19-16(15-9-3-1-4-10-15)18-14-8-7-13-17(18)11-5-2-6-12-17/h1,3-4,9-10H,2,5-8,11-14H2. The van der Waals surface area contributed by atoms with Gasteiger partial charge in [-0.2, -0.15) is 0 Å². The largest absolute Gasteiger partial charge is 0.333 e. The van der Waals surface area contributed by atoms with Gasteiger partial charge < -0.3 is 4.90 Å². The van der Waals surface area contributed by atoms with E-state index in [1.165, 1.54) is 51.4 Å². The van der Waals surface area contributed by atoms with E-state index < -0.39 is 0 Å². The summed E-state index contributed by atoms with van der Waals surface area (Å²) in [6.45, 7) is 0.952. The summed E-state index contributed by atoms with van der Waals surface area (Å²) in [7, 11) is 0. The Morgan fingerprint density at radius 1 is 0.895 bits per heavy atom. The molecule has 2 aliphatic rings. The van der Waals surface area contributed by atoms with Crippen molar-refractivity contribution in [2.75, 3.05) is 6.54 Å². The van der Waals surface area contributed by atoms with Gasteiger partial charge in [-0.3, -0.25) is 4.79 Å². The second-order valence-corrected chi connectivity index (χ2v) is 6.06. The summed E-state index contributed by atoms with van der Waals surface area (Å²) in [6.07, 6.45) is 10.0. The third-order valence-corrected chi connectivity index (χ3v) is 4.90. The number of carbonyl (C=O) groups is 1. The second-order valence-electron chi connectivity index (χ2n) is 6.06. The van der Waals surface area contributed by atoms with Crippen molar-refractivity contribution in [3.05, 3.63) is 35.9 Å². The fraction of sp³-hybridized carbons (Fsp3) is 0.588. The number of nitrogens with zero attached hydrogens (tertiary/aromatic N) is 1. The zero-order valence-electron chi connectivity index (χ0n) is 11.6. The van der Waals surface area contributed by atoms with Crippen LogP contribution < -0.4 is 0 Å². The molecule has 3 rings (SSSR count). The number of hydrogen-bond donors (Lipinski definition) is 0. The summed E-state index contributed by atoms with van der Waals surface area (Å²) in [5, 5.41) is 0. The van der Waals surface area contributed by atoms with Crippen molar-refractivity contribution in [1.29, 1.82) is 0 Å². The van der Waals surface area contributed by atoms with Crippen LogP contribution in [0.4, 0.5) is 0 Å². The van der Waals surface area contributed by atoms with E-state index >= 15 is 0 Å². The lowest BCUT2D eigenvalue weighted by Crippen LogP contribution is -2.55. The smallest absolute Gasteiger partial charge is 0.254 e. The van der Waals surface area contributed by atoms with E-state index in [1.54, 1.807) is 0 Å². The van der Waals surface area contributed by atoms with Crippen LogP contribution in [-0.2, 0) is 0 Å². The molecule has 2 fully saturated rings. The van der Waals surface area contributed by atoms with Crippen molar-refractivity contribution in [3.8, 4) is 0 Å². The number of carbonyl (C=O) groups excluding carboxylic acids is 1. The number of amides is 1. The van der Waals surface area contributed by atoms with Gasteiger partial charge in [0.15, 0.2) is 0 Å². The van der Waals surface area contributed by atoms with Crippen LogP contribution in [0.25, 0.3) is 0 Å². The van der Waals surface area contributed by atoms with E-state index in [1.807, 2.05) is 30.3 Å². The van der Waals surface area contributed by atoms with Crippen LogP contribution in [0.3, 0.4) is 0 Å². The van der Waals surface area contributed by atoms with Crippen LogP contribution in [0.15, 0.2) is 30.3 Å². The first kappa shape index (κ1) is 12.7. The lowest BCUT2D eigenvalue weighted by Gasteiger charge is -2.49. The van der Waals surface area contributed by atoms with E-state index in [4.69, 9.17) is 0 Å². The predicted molar refractivity (Wildman–Crippen MR) is 77.1 cm³/mol. The summed E-state index contributed by atoms with van der Waals surface area (Å²) in [4.78, 5) is 15.0. The second kappa shape index (κ2) is 5.36. The molecule has 0 atom stereocenters. The third-order valence-electron chi connectivity index (χ3n) is 4.90. The molecule has 0 N–H and O–H groups in total. The molecule has 0 aromatic heterocycles. The fourth-order valence-electron chi connectivity index (χ4n) is 3.88. The molecule has 0 radical (unpaired) electrons. The molecule has 1 amide bonds. The van der Waals surface area contributed by atoms with Gasteiger partial charge in [0.05, 0.1) is 0 Å². The van der Waals surface area contributed by atoms with E-state index in [0.29, 0.717) is 0 Å². The molecular formula is C17H23NO. The maximum atomic E-state index is 12.8. The summed E-state index contributed by atoms with van der Waals surface area (Å²) >= 11 is 0. The Kier molecular flexibility index (Phi) is 3.58. The molecule has 102 valence electrons. The SMILES string of the molecule is O=C(c1ccccc1)N1CCCCC12CCCCC2. The van der Waals surface area contributed by atoms with Crippen molar-refractivity contribution in [1.82, 2.24) is 4.90 Å². The molecule has 0 bridgehead atoms. The molecule has 1 aromatic rings. The summed E-state index contributed by atoms with van der Waals surface area (Å²) in [5.74, 6) is 0.252. The minimum atomic E-state index is 0.184. The first-order valence-corrected chi connectivity index (χ1v) is 7.69. The molecule has 1 spiro atoms. The zero-order chi connectivity index (χ0) is 13.1. The number of piperidine rings is 1. The molecule has 1 aliphatic heterocycles. The maximum Gasteiger partial charge on any atom is 0.254 e. The van der Waals surface area contributed by atoms with E-state index in [9.17, 15) is 4.79 Å². The van der Waals surface area contributed by atoms with Crippen LogP contribution in [0.5, 0.6) is 0 Å². The van der Waals surface area contributed by atoms with Gasteiger partial charge in [0.2, 0.25) is 0 Å². The van der Waals surface area contributed by atoms with Crippen molar-refractivity contribution < 1.29 is 4.79 Å². The minimum Gasteiger partial charge on any atom is -0.333 e. The maximum absolute atomic E-state index is 12.8. The number of rotatable bonds is 1. The Morgan fingerprint density at radius 3 is 2.21 bits per heavy atom. The third kappa shape index (κ3) is 2.41. The van der Waals surface area contributed by atoms with E-state index in [-0.39, 0.29) is 11.4 Å². The highest BCUT2D eigenvalue weighted by Gasteiger charge is 2.42. The van der Waals surface area contributed by atoms with E-state index in [2.05, 4.69) is 4.90 Å². The van der Waals surface area contributed by atoms with Crippen molar-refractivity contribution in [2.45, 2.75) is 56.9 Å². The predicted octanol–water partition coefficient (Wildman–Crippen LogP) is 4.02. The molecule has 1 aromatic carbocycles. The zero-order valence-corrected chi connectivity index (χ0v) is 11.6. The average molecular weight is 257 g/mol. The highest BCUT2D eigenvalue weighted by atomic mass is 16.2. The summed E-state index contributed by atoms with van der Waals surface area (Å²) in [5.41, 5.74) is 1.04. The van der Waals surface area contributed by atoms with Gasteiger partial charge >= 0.3 is 0 Å². The average Bonchev–Trinajstić information content (AvgIpc) is 2.49. The normalized spacial score (nSPS) is 22.4. The molecular weight excluding hydrogens is 234 g/mol. The first-order chi connectivity index (χ1) is 9.32. The molecule has 1 saturated heterocycles. The lowest BCUT2D eigenvalue weighted by molar-refractivity contribution is 0.0151. The molecule has 19 heavy (non-hydrogen) atoms.